The Morgan fingerprint density at radius 2 is 2.50 bits per heavy atom. The third kappa shape index (κ3) is 3.48. The Morgan fingerprint density at radius 3 is 3.23 bits per heavy atom. The number of amides is 2. The second-order valence-electron chi connectivity index (χ2n) is 5.28. The van der Waals surface area contributed by atoms with E-state index in [0.717, 1.165) is 30.6 Å². The van der Waals surface area contributed by atoms with E-state index in [-0.39, 0.29) is 18.2 Å². The third-order valence-corrected chi connectivity index (χ3v) is 4.41. The van der Waals surface area contributed by atoms with Crippen LogP contribution < -0.4 is 10.6 Å². The van der Waals surface area contributed by atoms with E-state index in [1.807, 2.05) is 40.8 Å². The maximum absolute atomic E-state index is 12.1. The van der Waals surface area contributed by atoms with Gasteiger partial charge in [0.1, 0.15) is 6.10 Å². The lowest BCUT2D eigenvalue weighted by Crippen LogP contribution is -2.44. The topological polar surface area (TPSA) is 68.2 Å². The van der Waals surface area contributed by atoms with E-state index < -0.39 is 0 Å². The number of hydrogen-bond donors (Lipinski definition) is 2. The molecule has 0 aliphatic carbocycles. The molecule has 6 nitrogen and oxygen atoms in total. The Kier molecular flexibility index (Phi) is 4.74. The zero-order chi connectivity index (χ0) is 15.4. The van der Waals surface area contributed by atoms with Crippen LogP contribution >= 0.6 is 11.3 Å². The van der Waals surface area contributed by atoms with Crippen molar-refractivity contribution >= 4 is 23.1 Å². The van der Waals surface area contributed by atoms with E-state index in [4.69, 9.17) is 4.74 Å². The summed E-state index contributed by atoms with van der Waals surface area (Å²) < 4.78 is 7.75. The number of rotatable bonds is 4. The highest BCUT2D eigenvalue weighted by atomic mass is 32.1. The zero-order valence-electron chi connectivity index (χ0n) is 12.5. The molecule has 2 aromatic heterocycles. The Hall–Kier alpha value is -1.86. The molecule has 2 atom stereocenters. The van der Waals surface area contributed by atoms with Gasteiger partial charge in [0.05, 0.1) is 17.9 Å². The van der Waals surface area contributed by atoms with Gasteiger partial charge < -0.3 is 15.4 Å². The summed E-state index contributed by atoms with van der Waals surface area (Å²) in [7, 11) is 0. The molecule has 0 spiro atoms. The molecule has 3 rings (SSSR count). The van der Waals surface area contributed by atoms with Crippen LogP contribution in [0.5, 0.6) is 0 Å². The summed E-state index contributed by atoms with van der Waals surface area (Å²) >= 11 is 1.55. The van der Waals surface area contributed by atoms with Crippen molar-refractivity contribution in [3.63, 3.8) is 0 Å². The maximum Gasteiger partial charge on any atom is 0.319 e. The average Bonchev–Trinajstić information content (AvgIpc) is 3.19. The summed E-state index contributed by atoms with van der Waals surface area (Å²) in [5.41, 5.74) is 1.83. The summed E-state index contributed by atoms with van der Waals surface area (Å²) in [4.78, 5) is 12.1. The number of aryl methyl sites for hydroxylation is 1. The number of carbonyl (C=O) groups is 1. The van der Waals surface area contributed by atoms with Crippen LogP contribution in [0.15, 0.2) is 29.2 Å². The van der Waals surface area contributed by atoms with Crippen molar-refractivity contribution < 1.29 is 9.53 Å². The molecule has 1 saturated heterocycles. The normalized spacial score (nSPS) is 21.5. The van der Waals surface area contributed by atoms with Gasteiger partial charge in [0.2, 0.25) is 0 Å². The second kappa shape index (κ2) is 6.93. The van der Waals surface area contributed by atoms with E-state index in [9.17, 15) is 4.79 Å². The van der Waals surface area contributed by atoms with E-state index in [0.29, 0.717) is 6.61 Å². The van der Waals surface area contributed by atoms with Gasteiger partial charge in [0, 0.05) is 30.3 Å². The standard InChI is InChI=1S/C15H20N4O2S/c1-2-19-9-11(8-16-19)14-13(4-3-6-21-14)18-15(20)17-12-5-7-22-10-12/h5,7-10,13-14H,2-4,6H2,1H3,(H2,17,18,20)/t13-,14+/m0/s1. The van der Waals surface area contributed by atoms with Gasteiger partial charge in [-0.1, -0.05) is 0 Å². The van der Waals surface area contributed by atoms with Crippen molar-refractivity contribution in [1.29, 1.82) is 0 Å². The van der Waals surface area contributed by atoms with Crippen molar-refractivity contribution in [2.24, 2.45) is 0 Å². The van der Waals surface area contributed by atoms with Gasteiger partial charge in [-0.3, -0.25) is 4.68 Å². The Labute approximate surface area is 133 Å². The number of carbonyl (C=O) groups excluding carboxylic acids is 1. The first-order chi connectivity index (χ1) is 10.8. The van der Waals surface area contributed by atoms with Crippen LogP contribution in [0, 0.1) is 0 Å². The van der Waals surface area contributed by atoms with E-state index in [2.05, 4.69) is 15.7 Å². The molecule has 1 aliphatic heterocycles. The van der Waals surface area contributed by atoms with Gasteiger partial charge in [-0.15, -0.1) is 0 Å². The molecule has 0 saturated carbocycles. The first-order valence-electron chi connectivity index (χ1n) is 7.50. The Bertz CT molecular complexity index is 611. The molecule has 7 heteroatoms. The largest absolute Gasteiger partial charge is 0.371 e. The molecule has 0 bridgehead atoms. The van der Waals surface area contributed by atoms with Crippen LogP contribution in [0.1, 0.15) is 31.4 Å². The predicted octanol–water partition coefficient (Wildman–Crippen LogP) is 3.01. The average molecular weight is 320 g/mol. The SMILES string of the molecule is CCn1cc([C@H]2OCCC[C@@H]2NC(=O)Nc2ccsc2)cn1. The minimum atomic E-state index is -0.193. The molecular weight excluding hydrogens is 300 g/mol. The maximum atomic E-state index is 12.1. The summed E-state index contributed by atoms with van der Waals surface area (Å²) in [6.07, 6.45) is 5.52. The highest BCUT2D eigenvalue weighted by Crippen LogP contribution is 2.28. The third-order valence-electron chi connectivity index (χ3n) is 3.72. The molecule has 2 N–H and O–H groups in total. The number of aromatic nitrogens is 2. The van der Waals surface area contributed by atoms with Crippen molar-refractivity contribution in [2.75, 3.05) is 11.9 Å². The highest BCUT2D eigenvalue weighted by molar-refractivity contribution is 7.08. The fraction of sp³-hybridized carbons (Fsp3) is 0.467. The van der Waals surface area contributed by atoms with Gasteiger partial charge in [0.25, 0.3) is 0 Å². The predicted molar refractivity (Wildman–Crippen MR) is 86.1 cm³/mol. The fourth-order valence-corrected chi connectivity index (χ4v) is 3.22. The number of anilines is 1. The lowest BCUT2D eigenvalue weighted by Gasteiger charge is -2.31. The quantitative estimate of drug-likeness (QED) is 0.910. The molecule has 118 valence electrons. The second-order valence-corrected chi connectivity index (χ2v) is 6.06. The van der Waals surface area contributed by atoms with Gasteiger partial charge in [0.15, 0.2) is 0 Å². The molecule has 0 aromatic carbocycles. The number of ether oxygens (including phenoxy) is 1. The van der Waals surface area contributed by atoms with Gasteiger partial charge >= 0.3 is 6.03 Å². The summed E-state index contributed by atoms with van der Waals surface area (Å²) in [5.74, 6) is 0. The molecule has 1 fully saturated rings. The molecule has 22 heavy (non-hydrogen) atoms. The molecule has 1 aliphatic rings. The van der Waals surface area contributed by atoms with Crippen molar-refractivity contribution in [1.82, 2.24) is 15.1 Å². The van der Waals surface area contributed by atoms with Crippen LogP contribution in [0.4, 0.5) is 10.5 Å². The van der Waals surface area contributed by atoms with Crippen LogP contribution in [-0.2, 0) is 11.3 Å². The molecule has 2 amide bonds. The first kappa shape index (κ1) is 15.1. The molecule has 0 unspecified atom stereocenters. The number of urea groups is 1. The van der Waals surface area contributed by atoms with Crippen molar-refractivity contribution in [3.8, 4) is 0 Å². The number of hydrogen-bond acceptors (Lipinski definition) is 4. The van der Waals surface area contributed by atoms with Crippen molar-refractivity contribution in [2.45, 2.75) is 38.5 Å². The Morgan fingerprint density at radius 1 is 1.59 bits per heavy atom. The highest BCUT2D eigenvalue weighted by Gasteiger charge is 2.29. The minimum Gasteiger partial charge on any atom is -0.371 e. The molecule has 3 heterocycles. The molecule has 2 aromatic rings. The van der Waals surface area contributed by atoms with E-state index in [1.165, 1.54) is 0 Å². The number of thiophene rings is 1. The lowest BCUT2D eigenvalue weighted by atomic mass is 9.98. The molecular formula is C15H20N4O2S. The molecule has 0 radical (unpaired) electrons. The first-order valence-corrected chi connectivity index (χ1v) is 8.44. The van der Waals surface area contributed by atoms with E-state index >= 15 is 0 Å². The summed E-state index contributed by atoms with van der Waals surface area (Å²) in [6.45, 7) is 3.58. The number of nitrogens with one attached hydrogen (secondary N) is 2. The van der Waals surface area contributed by atoms with Crippen molar-refractivity contribution in [3.05, 3.63) is 34.8 Å². The van der Waals surface area contributed by atoms with Gasteiger partial charge in [-0.25, -0.2) is 4.79 Å². The van der Waals surface area contributed by atoms with E-state index in [1.54, 1.807) is 11.3 Å². The monoisotopic (exact) mass is 320 g/mol. The fourth-order valence-electron chi connectivity index (χ4n) is 2.63. The zero-order valence-corrected chi connectivity index (χ0v) is 13.3. The Balaban J connectivity index is 1.65. The van der Waals surface area contributed by atoms with Gasteiger partial charge in [-0.05, 0) is 31.2 Å². The van der Waals surface area contributed by atoms with Gasteiger partial charge in [-0.2, -0.15) is 16.4 Å². The van der Waals surface area contributed by atoms with Crippen LogP contribution in [-0.4, -0.2) is 28.5 Å². The lowest BCUT2D eigenvalue weighted by molar-refractivity contribution is -0.00701. The summed E-state index contributed by atoms with van der Waals surface area (Å²) in [6, 6.07) is 1.65. The van der Waals surface area contributed by atoms with Crippen LogP contribution in [0.25, 0.3) is 0 Å². The van der Waals surface area contributed by atoms with Crippen LogP contribution in [0.2, 0.25) is 0 Å². The number of nitrogens with zero attached hydrogens (tertiary/aromatic N) is 2. The van der Waals surface area contributed by atoms with Crippen LogP contribution in [0.3, 0.4) is 0 Å². The summed E-state index contributed by atoms with van der Waals surface area (Å²) in [5, 5.41) is 14.0. The smallest absolute Gasteiger partial charge is 0.319 e. The minimum absolute atomic E-state index is 0.0399.